The van der Waals surface area contributed by atoms with E-state index in [-0.39, 0.29) is 5.41 Å². The molecule has 0 aromatic heterocycles. The Kier molecular flexibility index (Phi) is 4.75. The molecule has 0 unspecified atom stereocenters. The van der Waals surface area contributed by atoms with Crippen LogP contribution in [0, 0.1) is 12.3 Å². The van der Waals surface area contributed by atoms with Crippen molar-refractivity contribution in [1.82, 2.24) is 0 Å². The highest BCUT2D eigenvalue weighted by atomic mass is 16.5. The Morgan fingerprint density at radius 3 is 2.69 bits per heavy atom. The summed E-state index contributed by atoms with van der Waals surface area (Å²) in [6, 6.07) is 8.54. The minimum Gasteiger partial charge on any atom is -0.384 e. The molecule has 0 spiro atoms. The summed E-state index contributed by atoms with van der Waals surface area (Å²) < 4.78 is 5.19. The van der Waals surface area contributed by atoms with Gasteiger partial charge in [0.15, 0.2) is 0 Å². The van der Waals surface area contributed by atoms with E-state index in [0.717, 1.165) is 13.0 Å². The van der Waals surface area contributed by atoms with Crippen LogP contribution in [0.3, 0.4) is 0 Å². The van der Waals surface area contributed by atoms with Crippen molar-refractivity contribution in [3.63, 3.8) is 0 Å². The summed E-state index contributed by atoms with van der Waals surface area (Å²) in [5.74, 6) is 0. The zero-order valence-corrected chi connectivity index (χ0v) is 10.8. The Morgan fingerprint density at radius 1 is 1.31 bits per heavy atom. The normalized spacial score (nSPS) is 12.2. The molecule has 1 heteroatoms. The molecule has 0 heterocycles. The van der Waals surface area contributed by atoms with Crippen molar-refractivity contribution in [1.29, 1.82) is 0 Å². The molecule has 0 radical (unpaired) electrons. The van der Waals surface area contributed by atoms with Gasteiger partial charge in [0.2, 0.25) is 0 Å². The second kappa shape index (κ2) is 5.86. The van der Waals surface area contributed by atoms with Crippen molar-refractivity contribution in [2.45, 2.75) is 27.2 Å². The van der Waals surface area contributed by atoms with Gasteiger partial charge in [-0.1, -0.05) is 55.8 Å². The van der Waals surface area contributed by atoms with Crippen molar-refractivity contribution in [3.8, 4) is 0 Å². The molecule has 0 N–H and O–H groups in total. The van der Waals surface area contributed by atoms with Crippen molar-refractivity contribution >= 4 is 6.08 Å². The maximum Gasteiger partial charge on any atom is 0.0516 e. The largest absolute Gasteiger partial charge is 0.384 e. The number of hydrogen-bond acceptors (Lipinski definition) is 1. The minimum absolute atomic E-state index is 0.217. The first kappa shape index (κ1) is 13.0. The Hall–Kier alpha value is -1.08. The summed E-state index contributed by atoms with van der Waals surface area (Å²) in [5.41, 5.74) is 2.79. The van der Waals surface area contributed by atoms with Crippen molar-refractivity contribution < 1.29 is 4.74 Å². The van der Waals surface area contributed by atoms with Crippen LogP contribution >= 0.6 is 0 Å². The standard InChI is InChI=1S/C15H22O/c1-13-7-5-8-14(11-13)9-6-10-15(2,3)12-16-4/h5-9,11H,10,12H2,1-4H3/b9-6+. The third-order valence-corrected chi connectivity index (χ3v) is 2.56. The van der Waals surface area contributed by atoms with Crippen LogP contribution in [0.15, 0.2) is 30.3 Å². The SMILES string of the molecule is COCC(C)(C)C/C=C/c1cccc(C)c1. The van der Waals surface area contributed by atoms with Gasteiger partial charge >= 0.3 is 0 Å². The van der Waals surface area contributed by atoms with E-state index in [2.05, 4.69) is 57.2 Å². The van der Waals surface area contributed by atoms with Crippen LogP contribution in [0.25, 0.3) is 6.08 Å². The molecular formula is C15H22O. The molecule has 0 amide bonds. The topological polar surface area (TPSA) is 9.23 Å². The maximum atomic E-state index is 5.19. The van der Waals surface area contributed by atoms with Crippen LogP contribution in [0.1, 0.15) is 31.4 Å². The zero-order valence-electron chi connectivity index (χ0n) is 10.8. The Morgan fingerprint density at radius 2 is 2.06 bits per heavy atom. The van der Waals surface area contributed by atoms with E-state index >= 15 is 0 Å². The fourth-order valence-electron chi connectivity index (χ4n) is 1.74. The van der Waals surface area contributed by atoms with E-state index in [4.69, 9.17) is 4.74 Å². The highest BCUT2D eigenvalue weighted by Gasteiger charge is 2.14. The van der Waals surface area contributed by atoms with E-state index in [1.807, 2.05) is 0 Å². The summed E-state index contributed by atoms with van der Waals surface area (Å²) in [5, 5.41) is 0. The lowest BCUT2D eigenvalue weighted by Crippen LogP contribution is -2.16. The number of rotatable bonds is 5. The van der Waals surface area contributed by atoms with Gasteiger partial charge in [-0.25, -0.2) is 0 Å². The molecule has 0 aliphatic carbocycles. The molecule has 0 atom stereocenters. The van der Waals surface area contributed by atoms with Crippen LogP contribution in [0.5, 0.6) is 0 Å². The van der Waals surface area contributed by atoms with Gasteiger partial charge in [-0.05, 0) is 24.3 Å². The molecular weight excluding hydrogens is 196 g/mol. The second-order valence-electron chi connectivity index (χ2n) is 5.12. The molecule has 0 aliphatic heterocycles. The molecule has 1 aromatic carbocycles. The van der Waals surface area contributed by atoms with Gasteiger partial charge in [0, 0.05) is 7.11 Å². The first-order valence-electron chi connectivity index (χ1n) is 5.76. The predicted octanol–water partition coefficient (Wildman–Crippen LogP) is 4.07. The summed E-state index contributed by atoms with van der Waals surface area (Å²) in [6.45, 7) is 7.35. The fraction of sp³-hybridized carbons (Fsp3) is 0.467. The zero-order chi connectivity index (χ0) is 12.0. The summed E-state index contributed by atoms with van der Waals surface area (Å²) in [6.07, 6.45) is 5.45. The smallest absolute Gasteiger partial charge is 0.0516 e. The van der Waals surface area contributed by atoms with Crippen LogP contribution in [0.2, 0.25) is 0 Å². The van der Waals surface area contributed by atoms with Crippen LogP contribution in [0.4, 0.5) is 0 Å². The van der Waals surface area contributed by atoms with Gasteiger partial charge in [0.25, 0.3) is 0 Å². The predicted molar refractivity (Wildman–Crippen MR) is 70.5 cm³/mol. The molecule has 0 saturated carbocycles. The van der Waals surface area contributed by atoms with Gasteiger partial charge in [-0.15, -0.1) is 0 Å². The molecule has 1 nitrogen and oxygen atoms in total. The quantitative estimate of drug-likeness (QED) is 0.724. The van der Waals surface area contributed by atoms with Gasteiger partial charge in [-0.2, -0.15) is 0 Å². The van der Waals surface area contributed by atoms with E-state index in [1.165, 1.54) is 11.1 Å². The third kappa shape index (κ3) is 4.63. The van der Waals surface area contributed by atoms with E-state index < -0.39 is 0 Å². The molecule has 0 bridgehead atoms. The third-order valence-electron chi connectivity index (χ3n) is 2.56. The van der Waals surface area contributed by atoms with Gasteiger partial charge < -0.3 is 4.74 Å². The van der Waals surface area contributed by atoms with Gasteiger partial charge in [-0.3, -0.25) is 0 Å². The lowest BCUT2D eigenvalue weighted by Gasteiger charge is -2.21. The highest BCUT2D eigenvalue weighted by molar-refractivity contribution is 5.50. The number of benzene rings is 1. The van der Waals surface area contributed by atoms with E-state index in [9.17, 15) is 0 Å². The van der Waals surface area contributed by atoms with E-state index in [1.54, 1.807) is 7.11 Å². The van der Waals surface area contributed by atoms with Gasteiger partial charge in [0.1, 0.15) is 0 Å². The Balaban J connectivity index is 2.55. The van der Waals surface area contributed by atoms with Crippen molar-refractivity contribution in [3.05, 3.63) is 41.5 Å². The Labute approximate surface area is 99.1 Å². The lowest BCUT2D eigenvalue weighted by molar-refractivity contribution is 0.106. The molecule has 0 aliphatic rings. The molecule has 1 rings (SSSR count). The van der Waals surface area contributed by atoms with Crippen LogP contribution in [-0.4, -0.2) is 13.7 Å². The number of ether oxygens (including phenoxy) is 1. The number of methoxy groups -OCH3 is 1. The minimum atomic E-state index is 0.217. The van der Waals surface area contributed by atoms with Crippen molar-refractivity contribution in [2.24, 2.45) is 5.41 Å². The Bertz CT molecular complexity index is 350. The van der Waals surface area contributed by atoms with Crippen molar-refractivity contribution in [2.75, 3.05) is 13.7 Å². The first-order chi connectivity index (χ1) is 7.53. The lowest BCUT2D eigenvalue weighted by atomic mass is 9.90. The molecule has 88 valence electrons. The molecule has 0 fully saturated rings. The molecule has 1 aromatic rings. The fourth-order valence-corrected chi connectivity index (χ4v) is 1.74. The average Bonchev–Trinajstić information content (AvgIpc) is 2.17. The summed E-state index contributed by atoms with van der Waals surface area (Å²) in [7, 11) is 1.76. The first-order valence-corrected chi connectivity index (χ1v) is 5.76. The summed E-state index contributed by atoms with van der Waals surface area (Å²) >= 11 is 0. The molecule has 16 heavy (non-hydrogen) atoms. The van der Waals surface area contributed by atoms with E-state index in [0.29, 0.717) is 0 Å². The number of aryl methyl sites for hydroxylation is 1. The maximum absolute atomic E-state index is 5.19. The number of allylic oxidation sites excluding steroid dienone is 1. The summed E-state index contributed by atoms with van der Waals surface area (Å²) in [4.78, 5) is 0. The molecule has 0 saturated heterocycles. The van der Waals surface area contributed by atoms with Crippen LogP contribution in [-0.2, 0) is 4.74 Å². The monoisotopic (exact) mass is 218 g/mol. The highest BCUT2D eigenvalue weighted by Crippen LogP contribution is 2.21. The second-order valence-corrected chi connectivity index (χ2v) is 5.12. The van der Waals surface area contributed by atoms with Crippen LogP contribution < -0.4 is 0 Å². The van der Waals surface area contributed by atoms with Gasteiger partial charge in [0.05, 0.1) is 6.61 Å². The number of hydrogen-bond donors (Lipinski definition) is 0. The average molecular weight is 218 g/mol.